The maximum atomic E-state index is 11.1. The fourth-order valence-corrected chi connectivity index (χ4v) is 2.05. The number of benzene rings is 2. The van der Waals surface area contributed by atoms with Crippen LogP contribution < -0.4 is 16.0 Å². The Morgan fingerprint density at radius 3 is 1.83 bits per heavy atom. The third-order valence-electron chi connectivity index (χ3n) is 2.48. The zero-order valence-corrected chi connectivity index (χ0v) is 10.3. The van der Waals surface area contributed by atoms with Crippen molar-refractivity contribution in [2.45, 2.75) is 4.90 Å². The minimum atomic E-state index is -3.67. The Bertz CT molecular complexity index is 624. The highest BCUT2D eigenvalue weighted by atomic mass is 32.2. The molecule has 0 spiro atoms. The smallest absolute Gasteiger partial charge is 0.238 e. The molecule has 0 aromatic heterocycles. The SMILES string of the molecule is NN(c1ccccc1)c1ccc(S(N)(=O)=O)cc1. The number of primary sulfonamides is 1. The van der Waals surface area contributed by atoms with Gasteiger partial charge in [0.25, 0.3) is 0 Å². The number of hydrogen-bond donors (Lipinski definition) is 2. The molecule has 0 unspecified atom stereocenters. The monoisotopic (exact) mass is 263 g/mol. The molecule has 2 aromatic rings. The number of hydrogen-bond acceptors (Lipinski definition) is 4. The van der Waals surface area contributed by atoms with Crippen LogP contribution in [-0.2, 0) is 10.0 Å². The molecule has 0 radical (unpaired) electrons. The number of nitrogens with zero attached hydrogens (tertiary/aromatic N) is 1. The minimum absolute atomic E-state index is 0.0627. The standard InChI is InChI=1S/C12H13N3O2S/c13-15(10-4-2-1-3-5-10)11-6-8-12(9-7-11)18(14,16)17/h1-9H,13H2,(H2,14,16,17). The predicted molar refractivity (Wildman–Crippen MR) is 70.6 cm³/mol. The van der Waals surface area contributed by atoms with E-state index in [9.17, 15) is 8.42 Å². The molecule has 0 aliphatic rings. The fraction of sp³-hybridized carbons (Fsp3) is 0. The first-order chi connectivity index (χ1) is 8.48. The number of anilines is 2. The van der Waals surface area contributed by atoms with Crippen molar-refractivity contribution in [3.63, 3.8) is 0 Å². The van der Waals surface area contributed by atoms with Gasteiger partial charge in [-0.15, -0.1) is 0 Å². The van der Waals surface area contributed by atoms with E-state index in [0.717, 1.165) is 5.69 Å². The third-order valence-corrected chi connectivity index (χ3v) is 3.41. The molecule has 94 valence electrons. The Morgan fingerprint density at radius 1 is 0.833 bits per heavy atom. The van der Waals surface area contributed by atoms with Crippen molar-refractivity contribution in [1.82, 2.24) is 0 Å². The van der Waals surface area contributed by atoms with Gasteiger partial charge in [0.05, 0.1) is 16.3 Å². The molecule has 0 atom stereocenters. The number of rotatable bonds is 3. The lowest BCUT2D eigenvalue weighted by atomic mass is 10.2. The molecule has 5 nitrogen and oxygen atoms in total. The van der Waals surface area contributed by atoms with Crippen LogP contribution in [0, 0.1) is 0 Å². The van der Waals surface area contributed by atoms with Crippen molar-refractivity contribution in [2.75, 3.05) is 5.01 Å². The van der Waals surface area contributed by atoms with Gasteiger partial charge >= 0.3 is 0 Å². The molecule has 0 aliphatic heterocycles. The van der Waals surface area contributed by atoms with Gasteiger partial charge in [0.2, 0.25) is 10.0 Å². The van der Waals surface area contributed by atoms with Crippen molar-refractivity contribution in [2.24, 2.45) is 11.0 Å². The summed E-state index contributed by atoms with van der Waals surface area (Å²) < 4.78 is 22.2. The zero-order chi connectivity index (χ0) is 13.2. The van der Waals surface area contributed by atoms with E-state index in [2.05, 4.69) is 0 Å². The molecule has 2 rings (SSSR count). The summed E-state index contributed by atoms with van der Waals surface area (Å²) in [7, 11) is -3.67. The molecule has 4 N–H and O–H groups in total. The van der Waals surface area contributed by atoms with Gasteiger partial charge in [-0.05, 0) is 36.4 Å². The molecule has 0 aliphatic carbocycles. The van der Waals surface area contributed by atoms with Crippen LogP contribution >= 0.6 is 0 Å². The zero-order valence-electron chi connectivity index (χ0n) is 9.52. The van der Waals surface area contributed by atoms with E-state index >= 15 is 0 Å². The second kappa shape index (κ2) is 4.77. The Morgan fingerprint density at radius 2 is 1.33 bits per heavy atom. The highest BCUT2D eigenvalue weighted by molar-refractivity contribution is 7.89. The number of nitrogens with two attached hydrogens (primary N) is 2. The van der Waals surface area contributed by atoms with Crippen LogP contribution in [0.5, 0.6) is 0 Å². The van der Waals surface area contributed by atoms with E-state index in [1.807, 2.05) is 30.3 Å². The Kier molecular flexibility index (Phi) is 3.33. The van der Waals surface area contributed by atoms with Crippen LogP contribution in [-0.4, -0.2) is 8.42 Å². The summed E-state index contributed by atoms with van der Waals surface area (Å²) in [5.74, 6) is 5.93. The Labute approximate surface area is 106 Å². The molecule has 0 heterocycles. The molecular weight excluding hydrogens is 250 g/mol. The van der Waals surface area contributed by atoms with E-state index < -0.39 is 10.0 Å². The summed E-state index contributed by atoms with van der Waals surface area (Å²) in [4.78, 5) is 0.0627. The lowest BCUT2D eigenvalue weighted by Crippen LogP contribution is -2.24. The number of para-hydroxylation sites is 1. The lowest BCUT2D eigenvalue weighted by Gasteiger charge is -2.18. The molecule has 0 saturated carbocycles. The van der Waals surface area contributed by atoms with Crippen molar-refractivity contribution >= 4 is 21.4 Å². The van der Waals surface area contributed by atoms with Gasteiger partial charge in [0.15, 0.2) is 0 Å². The minimum Gasteiger partial charge on any atom is -0.280 e. The second-order valence-electron chi connectivity index (χ2n) is 3.74. The number of hydrazine groups is 1. The van der Waals surface area contributed by atoms with Crippen LogP contribution in [0.15, 0.2) is 59.5 Å². The molecular formula is C12H13N3O2S. The third kappa shape index (κ3) is 2.67. The van der Waals surface area contributed by atoms with E-state index in [4.69, 9.17) is 11.0 Å². The summed E-state index contributed by atoms with van der Waals surface area (Å²) in [5, 5.41) is 6.49. The highest BCUT2D eigenvalue weighted by Gasteiger charge is 2.09. The largest absolute Gasteiger partial charge is 0.280 e. The topological polar surface area (TPSA) is 89.4 Å². The van der Waals surface area contributed by atoms with Crippen molar-refractivity contribution < 1.29 is 8.42 Å². The first-order valence-electron chi connectivity index (χ1n) is 5.21. The molecule has 0 amide bonds. The van der Waals surface area contributed by atoms with Gasteiger partial charge in [-0.3, -0.25) is 5.01 Å². The summed E-state index contributed by atoms with van der Waals surface area (Å²) >= 11 is 0. The Hall–Kier alpha value is -1.89. The van der Waals surface area contributed by atoms with Crippen LogP contribution in [0.4, 0.5) is 11.4 Å². The fourth-order valence-electron chi connectivity index (χ4n) is 1.53. The first-order valence-corrected chi connectivity index (χ1v) is 6.76. The van der Waals surface area contributed by atoms with Crippen LogP contribution in [0.1, 0.15) is 0 Å². The van der Waals surface area contributed by atoms with E-state index in [1.54, 1.807) is 12.1 Å². The first kappa shape index (κ1) is 12.6. The molecule has 0 saturated heterocycles. The van der Waals surface area contributed by atoms with Crippen molar-refractivity contribution in [3.05, 3.63) is 54.6 Å². The Balaban J connectivity index is 2.31. The molecule has 0 fully saturated rings. The average molecular weight is 263 g/mol. The molecule has 18 heavy (non-hydrogen) atoms. The predicted octanol–water partition coefficient (Wildman–Crippen LogP) is 1.35. The maximum Gasteiger partial charge on any atom is 0.238 e. The average Bonchev–Trinajstić information content (AvgIpc) is 2.38. The van der Waals surface area contributed by atoms with Crippen molar-refractivity contribution in [1.29, 1.82) is 0 Å². The molecule has 6 heteroatoms. The van der Waals surface area contributed by atoms with Gasteiger partial charge in [-0.25, -0.2) is 19.4 Å². The summed E-state index contributed by atoms with van der Waals surface area (Å²) in [6, 6.07) is 15.4. The number of sulfonamides is 1. The second-order valence-corrected chi connectivity index (χ2v) is 5.31. The van der Waals surface area contributed by atoms with Gasteiger partial charge in [-0.2, -0.15) is 0 Å². The van der Waals surface area contributed by atoms with Gasteiger partial charge in [0, 0.05) is 0 Å². The molecule has 0 bridgehead atoms. The molecule has 2 aromatic carbocycles. The van der Waals surface area contributed by atoms with Gasteiger partial charge in [0.1, 0.15) is 0 Å². The van der Waals surface area contributed by atoms with E-state index in [-0.39, 0.29) is 4.90 Å². The maximum absolute atomic E-state index is 11.1. The van der Waals surface area contributed by atoms with Crippen LogP contribution in [0.25, 0.3) is 0 Å². The normalized spacial score (nSPS) is 11.2. The van der Waals surface area contributed by atoms with Crippen LogP contribution in [0.3, 0.4) is 0 Å². The van der Waals surface area contributed by atoms with Crippen LogP contribution in [0.2, 0.25) is 0 Å². The summed E-state index contributed by atoms with van der Waals surface area (Å²) in [6.07, 6.45) is 0. The van der Waals surface area contributed by atoms with Crippen molar-refractivity contribution in [3.8, 4) is 0 Å². The van der Waals surface area contributed by atoms with Gasteiger partial charge in [-0.1, -0.05) is 18.2 Å². The summed E-state index contributed by atoms with van der Waals surface area (Å²) in [6.45, 7) is 0. The van der Waals surface area contributed by atoms with Gasteiger partial charge < -0.3 is 0 Å². The summed E-state index contributed by atoms with van der Waals surface area (Å²) in [5.41, 5.74) is 1.48. The quantitative estimate of drug-likeness (QED) is 0.646. The lowest BCUT2D eigenvalue weighted by molar-refractivity contribution is 0.598. The van der Waals surface area contributed by atoms with E-state index in [1.165, 1.54) is 17.1 Å². The van der Waals surface area contributed by atoms with E-state index in [0.29, 0.717) is 5.69 Å². The highest BCUT2D eigenvalue weighted by Crippen LogP contribution is 2.22.